The molecule has 43 heavy (non-hydrogen) atoms. The number of ketones is 1. The molecule has 13 heteroatoms. The number of carbonyl (C=O) groups excluding carboxylic acids is 1. The van der Waals surface area contributed by atoms with Crippen molar-refractivity contribution in [3.8, 4) is 11.5 Å². The number of phenols is 2. The molecule has 0 aliphatic carbocycles. The lowest BCUT2D eigenvalue weighted by Gasteiger charge is -2.41. The molecule has 0 amide bonds. The number of Topliss-reactive ketones (excluding diaryl/α,β-unsaturated/α-hetero) is 1. The van der Waals surface area contributed by atoms with Crippen LogP contribution in [0.15, 0.2) is 48.5 Å². The summed E-state index contributed by atoms with van der Waals surface area (Å²) in [7, 11) is 0. The molecule has 0 bridgehead atoms. The van der Waals surface area contributed by atoms with E-state index < -0.39 is 74.6 Å². The topological polar surface area (TPSA) is 216 Å². The molecule has 8 N–H and O–H groups in total. The van der Waals surface area contributed by atoms with Gasteiger partial charge in [0.25, 0.3) is 0 Å². The molecule has 238 valence electrons. The first-order chi connectivity index (χ1) is 20.5. The van der Waals surface area contributed by atoms with Crippen molar-refractivity contribution >= 4 is 5.78 Å². The van der Waals surface area contributed by atoms with Gasteiger partial charge in [0, 0.05) is 12.8 Å². The van der Waals surface area contributed by atoms with Crippen molar-refractivity contribution in [3.05, 3.63) is 59.7 Å². The summed E-state index contributed by atoms with van der Waals surface area (Å²) in [6.45, 7) is -0.984. The minimum atomic E-state index is -1.69. The van der Waals surface area contributed by atoms with Crippen LogP contribution in [0.25, 0.3) is 0 Å². The van der Waals surface area contributed by atoms with Crippen molar-refractivity contribution in [1.82, 2.24) is 0 Å². The van der Waals surface area contributed by atoms with Gasteiger partial charge in [-0.2, -0.15) is 0 Å². The maximum absolute atomic E-state index is 13.0. The highest BCUT2D eigenvalue weighted by molar-refractivity contribution is 5.79. The molecule has 0 unspecified atom stereocenters. The SMILES string of the molecule is O=C(CCc1ccc(O)cc1)C[C@H](CCc1ccc(O)cc1)O[C@@H]1O[C@H](CO[C@@H]2O[C@@H](CO)[C@H](O)[C@H]2O)[C@@H](O)[C@H](O)[C@H]1O. The van der Waals surface area contributed by atoms with Crippen molar-refractivity contribution in [1.29, 1.82) is 0 Å². The normalized spacial score (nSPS) is 31.6. The van der Waals surface area contributed by atoms with Gasteiger partial charge in [-0.25, -0.2) is 0 Å². The predicted octanol–water partition coefficient (Wildman–Crippen LogP) is -0.729. The molecule has 2 aliphatic rings. The monoisotopic (exact) mass is 608 g/mol. The van der Waals surface area contributed by atoms with Crippen molar-refractivity contribution in [3.63, 3.8) is 0 Å². The van der Waals surface area contributed by atoms with E-state index in [0.717, 1.165) is 11.1 Å². The standard InChI is InChI=1S/C30H40O13/c31-14-22-24(35)27(38)29(42-22)40-15-23-25(36)26(37)28(39)30(43-23)41-21(12-6-17-3-9-19(33)10-4-17)13-20(34)11-5-16-1-7-18(32)8-2-16/h1-4,7-10,21-33,35-39H,5-6,11-15H2/t21-,22-,23+,24-,25+,26-,27+,28+,29+,30+/m0/s1. The van der Waals surface area contributed by atoms with E-state index >= 15 is 0 Å². The first-order valence-electron chi connectivity index (χ1n) is 14.2. The zero-order valence-electron chi connectivity index (χ0n) is 23.5. The van der Waals surface area contributed by atoms with Crippen LogP contribution in [0.5, 0.6) is 11.5 Å². The van der Waals surface area contributed by atoms with Crippen molar-refractivity contribution in [2.45, 2.75) is 93.5 Å². The van der Waals surface area contributed by atoms with Crippen LogP contribution in [0, 0.1) is 0 Å². The number of rotatable bonds is 14. The molecule has 10 atom stereocenters. The average Bonchev–Trinajstić information content (AvgIpc) is 3.28. The lowest BCUT2D eigenvalue weighted by molar-refractivity contribution is -0.319. The van der Waals surface area contributed by atoms with Gasteiger partial charge in [0.2, 0.25) is 0 Å². The summed E-state index contributed by atoms with van der Waals surface area (Å²) >= 11 is 0. The molecule has 2 aromatic rings. The van der Waals surface area contributed by atoms with Gasteiger partial charge in [-0.15, -0.1) is 0 Å². The van der Waals surface area contributed by atoms with E-state index in [1.165, 1.54) is 24.3 Å². The number of hydrogen-bond acceptors (Lipinski definition) is 13. The highest BCUT2D eigenvalue weighted by atomic mass is 16.7. The van der Waals surface area contributed by atoms with Crippen LogP contribution in [0.3, 0.4) is 0 Å². The van der Waals surface area contributed by atoms with E-state index in [1.807, 2.05) is 0 Å². The molecule has 2 fully saturated rings. The third-order valence-electron chi connectivity index (χ3n) is 7.69. The Balaban J connectivity index is 1.40. The molecule has 2 aromatic carbocycles. The van der Waals surface area contributed by atoms with Gasteiger partial charge >= 0.3 is 0 Å². The van der Waals surface area contributed by atoms with E-state index in [9.17, 15) is 45.6 Å². The van der Waals surface area contributed by atoms with Crippen LogP contribution in [0.1, 0.15) is 30.4 Å². The van der Waals surface area contributed by atoms with E-state index in [-0.39, 0.29) is 30.1 Å². The fourth-order valence-corrected chi connectivity index (χ4v) is 5.06. The number of carbonyl (C=O) groups is 1. The molecule has 0 spiro atoms. The Labute approximate surface area is 248 Å². The first kappa shape index (κ1) is 33.2. The molecule has 2 heterocycles. The van der Waals surface area contributed by atoms with Gasteiger partial charge in [0.05, 0.1) is 19.3 Å². The largest absolute Gasteiger partial charge is 0.508 e. The molecule has 2 saturated heterocycles. The van der Waals surface area contributed by atoms with Gasteiger partial charge in [0.15, 0.2) is 12.6 Å². The van der Waals surface area contributed by atoms with Gasteiger partial charge in [-0.05, 0) is 54.7 Å². The van der Waals surface area contributed by atoms with E-state index in [0.29, 0.717) is 19.3 Å². The van der Waals surface area contributed by atoms with Gasteiger partial charge < -0.3 is 59.8 Å². The Bertz CT molecular complexity index is 1140. The van der Waals surface area contributed by atoms with E-state index in [4.69, 9.17) is 18.9 Å². The Hall–Kier alpha value is -2.69. The fourth-order valence-electron chi connectivity index (χ4n) is 5.06. The van der Waals surface area contributed by atoms with E-state index in [1.54, 1.807) is 24.3 Å². The quantitative estimate of drug-likeness (QED) is 0.133. The lowest BCUT2D eigenvalue weighted by Crippen LogP contribution is -2.60. The second kappa shape index (κ2) is 15.3. The third kappa shape index (κ3) is 8.92. The second-order valence-corrected chi connectivity index (χ2v) is 10.9. The van der Waals surface area contributed by atoms with Crippen molar-refractivity contribution in [2.75, 3.05) is 13.2 Å². The summed E-state index contributed by atoms with van der Waals surface area (Å²) in [5.41, 5.74) is 1.74. The molecule has 0 saturated carbocycles. The summed E-state index contributed by atoms with van der Waals surface area (Å²) in [4.78, 5) is 13.0. The molecular weight excluding hydrogens is 568 g/mol. The van der Waals surface area contributed by atoms with Crippen molar-refractivity contribution in [2.24, 2.45) is 0 Å². The van der Waals surface area contributed by atoms with Crippen LogP contribution >= 0.6 is 0 Å². The number of ether oxygens (including phenoxy) is 4. The minimum absolute atomic E-state index is 0.0366. The number of aryl methyl sites for hydroxylation is 2. The molecule has 0 radical (unpaired) electrons. The Morgan fingerprint density at radius 3 is 1.84 bits per heavy atom. The molecule has 2 aliphatic heterocycles. The summed E-state index contributed by atoms with van der Waals surface area (Å²) in [6.07, 6.45) is -12.3. The summed E-state index contributed by atoms with van der Waals surface area (Å²) in [5.74, 6) is 0.107. The second-order valence-electron chi connectivity index (χ2n) is 10.9. The summed E-state index contributed by atoms with van der Waals surface area (Å²) in [6, 6.07) is 13.1. The van der Waals surface area contributed by atoms with E-state index in [2.05, 4.69) is 0 Å². The highest BCUT2D eigenvalue weighted by Crippen LogP contribution is 2.28. The lowest BCUT2D eigenvalue weighted by atomic mass is 9.98. The van der Waals surface area contributed by atoms with Gasteiger partial charge in [0.1, 0.15) is 60.0 Å². The van der Waals surface area contributed by atoms with Crippen molar-refractivity contribution < 1.29 is 64.6 Å². The molecular formula is C30H40O13. The van der Waals surface area contributed by atoms with Crippen LogP contribution in [-0.4, -0.2) is 121 Å². The number of aromatic hydroxyl groups is 2. The van der Waals surface area contributed by atoms with Crippen LogP contribution in [0.4, 0.5) is 0 Å². The molecule has 0 aromatic heterocycles. The Kier molecular flexibility index (Phi) is 11.9. The maximum atomic E-state index is 13.0. The third-order valence-corrected chi connectivity index (χ3v) is 7.69. The Morgan fingerprint density at radius 1 is 0.721 bits per heavy atom. The first-order valence-corrected chi connectivity index (χ1v) is 14.2. The fraction of sp³-hybridized carbons (Fsp3) is 0.567. The highest BCUT2D eigenvalue weighted by Gasteiger charge is 2.47. The zero-order chi connectivity index (χ0) is 31.1. The average molecular weight is 609 g/mol. The number of aliphatic hydroxyl groups excluding tert-OH is 6. The van der Waals surface area contributed by atoms with Crippen LogP contribution < -0.4 is 0 Å². The summed E-state index contributed by atoms with van der Waals surface area (Å²) in [5, 5.41) is 80.1. The predicted molar refractivity (Wildman–Crippen MR) is 148 cm³/mol. The maximum Gasteiger partial charge on any atom is 0.186 e. The van der Waals surface area contributed by atoms with Crippen LogP contribution in [-0.2, 0) is 36.6 Å². The number of hydrogen-bond donors (Lipinski definition) is 8. The van der Waals surface area contributed by atoms with Gasteiger partial charge in [-0.1, -0.05) is 24.3 Å². The van der Waals surface area contributed by atoms with Crippen LogP contribution in [0.2, 0.25) is 0 Å². The molecule has 13 nitrogen and oxygen atoms in total. The minimum Gasteiger partial charge on any atom is -0.508 e. The molecule has 4 rings (SSSR count). The smallest absolute Gasteiger partial charge is 0.186 e. The Morgan fingerprint density at radius 2 is 1.26 bits per heavy atom. The number of phenolic OH excluding ortho intramolecular Hbond substituents is 2. The summed E-state index contributed by atoms with van der Waals surface area (Å²) < 4.78 is 22.5. The number of aliphatic hydroxyl groups is 6. The number of benzene rings is 2. The van der Waals surface area contributed by atoms with Gasteiger partial charge in [-0.3, -0.25) is 4.79 Å². The zero-order valence-corrected chi connectivity index (χ0v) is 23.5.